The molecule has 1 aliphatic rings. The smallest absolute Gasteiger partial charge is 0.262 e. The number of sulfonamides is 1. The van der Waals surface area contributed by atoms with Crippen LogP contribution in [-0.4, -0.2) is 68.6 Å². The fraction of sp³-hybridized carbons (Fsp3) is 0.409. The lowest BCUT2D eigenvalue weighted by Crippen LogP contribution is -2.58. The summed E-state index contributed by atoms with van der Waals surface area (Å²) in [7, 11) is -3.74. The van der Waals surface area contributed by atoms with Gasteiger partial charge < -0.3 is 9.47 Å². The number of nitrogens with one attached hydrogen (secondary N) is 1. The number of carbonyl (C=O) groups is 1. The van der Waals surface area contributed by atoms with E-state index in [1.54, 1.807) is 54.0 Å². The monoisotopic (exact) mass is 497 g/mol. The zero-order valence-corrected chi connectivity index (χ0v) is 20.2. The maximum Gasteiger partial charge on any atom is 0.262 e. The molecule has 3 rings (SSSR count). The third-order valence-electron chi connectivity index (χ3n) is 5.21. The molecule has 1 fully saturated rings. The predicted molar refractivity (Wildman–Crippen MR) is 125 cm³/mol. The van der Waals surface area contributed by atoms with E-state index in [1.165, 1.54) is 0 Å². The van der Waals surface area contributed by atoms with Crippen LogP contribution in [0.15, 0.2) is 48.5 Å². The van der Waals surface area contributed by atoms with Gasteiger partial charge in [-0.05, 0) is 62.4 Å². The molecule has 2 N–H and O–H groups in total. The Hall–Kier alpha value is -2.37. The summed E-state index contributed by atoms with van der Waals surface area (Å²) >= 11 is 5.89. The van der Waals surface area contributed by atoms with Crippen molar-refractivity contribution in [3.63, 3.8) is 0 Å². The van der Waals surface area contributed by atoms with Gasteiger partial charge in [-0.2, -0.15) is 0 Å². The van der Waals surface area contributed by atoms with Gasteiger partial charge in [0.1, 0.15) is 17.5 Å². The van der Waals surface area contributed by atoms with Crippen LogP contribution in [0.4, 0.5) is 5.69 Å². The Morgan fingerprint density at radius 1 is 1.15 bits per heavy atom. The van der Waals surface area contributed by atoms with E-state index < -0.39 is 22.0 Å². The molecule has 0 radical (unpaired) electrons. The number of benzene rings is 2. The first-order chi connectivity index (χ1) is 15.6. The summed E-state index contributed by atoms with van der Waals surface area (Å²) < 4.78 is 37.9. The van der Waals surface area contributed by atoms with Crippen LogP contribution in [0.25, 0.3) is 0 Å². The molecule has 0 aliphatic carbocycles. The molecule has 2 aromatic carbocycles. The lowest BCUT2D eigenvalue weighted by atomic mass is 10.1. The number of rotatable bonds is 8. The van der Waals surface area contributed by atoms with Gasteiger partial charge in [-0.15, -0.1) is 0 Å². The van der Waals surface area contributed by atoms with Crippen molar-refractivity contribution in [2.45, 2.75) is 32.1 Å². The number of anilines is 1. The summed E-state index contributed by atoms with van der Waals surface area (Å²) in [4.78, 5) is 14.3. The molecule has 0 saturated carbocycles. The second-order valence-electron chi connectivity index (χ2n) is 8.05. The molecule has 11 heteroatoms. The Kier molecular flexibility index (Phi) is 8.19. The van der Waals surface area contributed by atoms with Gasteiger partial charge in [0, 0.05) is 18.1 Å². The van der Waals surface area contributed by atoms with Gasteiger partial charge in [-0.25, -0.2) is 13.9 Å². The average molecular weight is 498 g/mol. The van der Waals surface area contributed by atoms with Crippen molar-refractivity contribution in [2.24, 2.45) is 0 Å². The van der Waals surface area contributed by atoms with Crippen molar-refractivity contribution in [3.05, 3.63) is 53.6 Å². The Morgan fingerprint density at radius 2 is 1.67 bits per heavy atom. The van der Waals surface area contributed by atoms with Crippen LogP contribution in [0.3, 0.4) is 0 Å². The van der Waals surface area contributed by atoms with Crippen molar-refractivity contribution in [1.82, 2.24) is 10.4 Å². The molecule has 1 aliphatic heterocycles. The van der Waals surface area contributed by atoms with E-state index in [-0.39, 0.29) is 18.8 Å². The lowest BCUT2D eigenvalue weighted by molar-refractivity contribution is -0.140. The van der Waals surface area contributed by atoms with Crippen LogP contribution in [-0.2, 0) is 19.6 Å². The van der Waals surface area contributed by atoms with Crippen molar-refractivity contribution >= 4 is 33.2 Å². The normalized spacial score (nSPS) is 20.2. The minimum absolute atomic E-state index is 0.140. The third kappa shape index (κ3) is 6.81. The van der Waals surface area contributed by atoms with Crippen LogP contribution in [0.1, 0.15) is 13.8 Å². The third-order valence-corrected chi connectivity index (χ3v) is 6.63. The maximum atomic E-state index is 12.6. The fourth-order valence-electron chi connectivity index (χ4n) is 3.82. The molecule has 2 aromatic rings. The minimum atomic E-state index is -3.74. The van der Waals surface area contributed by atoms with E-state index in [9.17, 15) is 18.4 Å². The zero-order chi connectivity index (χ0) is 24.2. The Morgan fingerprint density at radius 3 is 2.15 bits per heavy atom. The summed E-state index contributed by atoms with van der Waals surface area (Å²) in [5.41, 5.74) is 2.04. The highest BCUT2D eigenvalue weighted by Gasteiger charge is 2.35. The van der Waals surface area contributed by atoms with Crippen molar-refractivity contribution in [1.29, 1.82) is 0 Å². The van der Waals surface area contributed by atoms with Gasteiger partial charge in [-0.1, -0.05) is 11.6 Å². The van der Waals surface area contributed by atoms with E-state index in [0.29, 0.717) is 35.3 Å². The number of amides is 1. The highest BCUT2D eigenvalue weighted by molar-refractivity contribution is 7.92. The molecular formula is C22H28ClN3O6S. The molecule has 0 aromatic heterocycles. The molecule has 1 saturated heterocycles. The molecule has 1 unspecified atom stereocenters. The van der Waals surface area contributed by atoms with Crippen molar-refractivity contribution < 1.29 is 27.9 Å². The zero-order valence-electron chi connectivity index (χ0n) is 18.6. The summed E-state index contributed by atoms with van der Waals surface area (Å²) in [5, 5.41) is 9.89. The number of hydrogen-bond acceptors (Lipinski definition) is 7. The molecule has 1 amide bonds. The molecule has 1 heterocycles. The molecule has 33 heavy (non-hydrogen) atoms. The summed E-state index contributed by atoms with van der Waals surface area (Å²) in [6.45, 7) is 4.43. The number of hydroxylamine groups is 1. The first-order valence-corrected chi connectivity index (χ1v) is 12.6. The van der Waals surface area contributed by atoms with E-state index in [1.807, 2.05) is 18.7 Å². The minimum Gasteiger partial charge on any atom is -0.457 e. The Bertz CT molecular complexity index is 1040. The predicted octanol–water partition coefficient (Wildman–Crippen LogP) is 2.88. The number of morpholine rings is 1. The van der Waals surface area contributed by atoms with Gasteiger partial charge in [0.2, 0.25) is 10.0 Å². The molecule has 0 bridgehead atoms. The maximum absolute atomic E-state index is 12.6. The van der Waals surface area contributed by atoms with Crippen LogP contribution >= 0.6 is 11.6 Å². The van der Waals surface area contributed by atoms with E-state index in [4.69, 9.17) is 21.1 Å². The van der Waals surface area contributed by atoms with Gasteiger partial charge in [0.05, 0.1) is 30.7 Å². The van der Waals surface area contributed by atoms with Gasteiger partial charge in [-0.3, -0.25) is 19.2 Å². The van der Waals surface area contributed by atoms with Gasteiger partial charge in [0.25, 0.3) is 5.91 Å². The highest BCUT2D eigenvalue weighted by atomic mass is 35.5. The largest absolute Gasteiger partial charge is 0.457 e. The Balaban J connectivity index is 1.83. The van der Waals surface area contributed by atoms with E-state index in [0.717, 1.165) is 10.6 Å². The number of carbonyl (C=O) groups excluding carboxylic acids is 1. The van der Waals surface area contributed by atoms with Crippen LogP contribution in [0.2, 0.25) is 5.02 Å². The second kappa shape index (κ2) is 10.7. The van der Waals surface area contributed by atoms with Gasteiger partial charge in [0.15, 0.2) is 0 Å². The lowest BCUT2D eigenvalue weighted by Gasteiger charge is -2.40. The SMILES string of the molecule is C[C@@H]1CN(C(CN(c2ccc(Oc3ccc(Cl)cc3)cc2)S(C)(=O)=O)C(=O)NO)C[C@H](C)O1. The number of hydrogen-bond donors (Lipinski definition) is 2. The van der Waals surface area contributed by atoms with E-state index in [2.05, 4.69) is 0 Å². The summed E-state index contributed by atoms with van der Waals surface area (Å²) in [5.74, 6) is 0.407. The van der Waals surface area contributed by atoms with Crippen molar-refractivity contribution in [3.8, 4) is 11.5 Å². The molecule has 9 nitrogen and oxygen atoms in total. The summed E-state index contributed by atoms with van der Waals surface area (Å²) in [6, 6.07) is 12.4. The number of halogens is 1. The fourth-order valence-corrected chi connectivity index (χ4v) is 4.86. The topological polar surface area (TPSA) is 108 Å². The Labute approximate surface area is 198 Å². The highest BCUT2D eigenvalue weighted by Crippen LogP contribution is 2.27. The summed E-state index contributed by atoms with van der Waals surface area (Å²) in [6.07, 6.45) is 0.793. The molecule has 0 spiro atoms. The van der Waals surface area contributed by atoms with E-state index >= 15 is 0 Å². The first-order valence-electron chi connectivity index (χ1n) is 10.4. The molecular weight excluding hydrogens is 470 g/mol. The van der Waals surface area contributed by atoms with Crippen LogP contribution < -0.4 is 14.5 Å². The quantitative estimate of drug-likeness (QED) is 0.426. The van der Waals surface area contributed by atoms with Gasteiger partial charge >= 0.3 is 0 Å². The standard InChI is InChI=1S/C22H28ClN3O6S/c1-15-12-25(13-16(2)31-15)21(22(27)24-28)14-26(33(3,29)30)18-6-10-20(11-7-18)32-19-8-4-17(23)5-9-19/h4-11,15-16,21,28H,12-14H2,1-3H3,(H,24,27)/t15-,16+,21?. The molecule has 3 atom stereocenters. The van der Waals surface area contributed by atoms with Crippen molar-refractivity contribution in [2.75, 3.05) is 30.2 Å². The first kappa shape index (κ1) is 25.3. The molecule has 180 valence electrons. The van der Waals surface area contributed by atoms with Crippen LogP contribution in [0.5, 0.6) is 11.5 Å². The second-order valence-corrected chi connectivity index (χ2v) is 10.4. The number of nitrogens with zero attached hydrogens (tertiary/aromatic N) is 2. The average Bonchev–Trinajstić information content (AvgIpc) is 2.75. The van der Waals surface area contributed by atoms with Crippen LogP contribution in [0, 0.1) is 0 Å². The number of ether oxygens (including phenoxy) is 2.